The summed E-state index contributed by atoms with van der Waals surface area (Å²) >= 11 is 0. The van der Waals surface area contributed by atoms with Crippen molar-refractivity contribution >= 4 is 15.3 Å². The Morgan fingerprint density at radius 1 is 1.10 bits per heavy atom. The lowest BCUT2D eigenvalue weighted by atomic mass is 9.84. The van der Waals surface area contributed by atoms with Crippen LogP contribution in [0, 0.1) is 0 Å². The molecule has 0 aliphatic rings. The normalized spacial score (nSPS) is 11.4. The number of carbonyl (C=O) groups excluding carboxylic acids is 1. The van der Waals surface area contributed by atoms with E-state index in [0.29, 0.717) is 22.8 Å². The number of benzene rings is 1. The van der Waals surface area contributed by atoms with E-state index in [1.165, 1.54) is 0 Å². The maximum Gasteiger partial charge on any atom is 0.274 e. The standard InChI is InChI=1S/C15H23O4Si/c1-15(2,3)12-11(17-4)8-10(9-16)13(14(12)18-5)19-20(6)7/h8-9H,1-7H3. The minimum Gasteiger partial charge on any atom is -0.540 e. The van der Waals surface area contributed by atoms with Gasteiger partial charge in [-0.1, -0.05) is 20.8 Å². The minimum atomic E-state index is -1.01. The predicted octanol–water partition coefficient (Wildman–Crippen LogP) is 3.44. The third-order valence-electron chi connectivity index (χ3n) is 2.84. The van der Waals surface area contributed by atoms with Gasteiger partial charge in [0.15, 0.2) is 17.8 Å². The molecule has 0 amide bonds. The highest BCUT2D eigenvalue weighted by Gasteiger charge is 2.29. The van der Waals surface area contributed by atoms with Gasteiger partial charge in [-0.15, -0.1) is 0 Å². The predicted molar refractivity (Wildman–Crippen MR) is 81.7 cm³/mol. The van der Waals surface area contributed by atoms with Crippen molar-refractivity contribution in [1.82, 2.24) is 0 Å². The van der Waals surface area contributed by atoms with Gasteiger partial charge in [-0.3, -0.25) is 4.79 Å². The summed E-state index contributed by atoms with van der Waals surface area (Å²) in [7, 11) is 2.17. The smallest absolute Gasteiger partial charge is 0.274 e. The first-order chi connectivity index (χ1) is 9.26. The van der Waals surface area contributed by atoms with Gasteiger partial charge in [-0.05, 0) is 24.6 Å². The number of carbonyl (C=O) groups is 1. The van der Waals surface area contributed by atoms with Gasteiger partial charge in [0.25, 0.3) is 9.04 Å². The summed E-state index contributed by atoms with van der Waals surface area (Å²) in [5.74, 6) is 1.75. The Balaban J connectivity index is 3.69. The zero-order valence-corrected chi connectivity index (χ0v) is 14.3. The lowest BCUT2D eigenvalue weighted by molar-refractivity contribution is 0.112. The molecule has 0 bridgehead atoms. The average molecular weight is 295 g/mol. The van der Waals surface area contributed by atoms with E-state index >= 15 is 0 Å². The number of methoxy groups -OCH3 is 2. The molecule has 0 saturated heterocycles. The summed E-state index contributed by atoms with van der Waals surface area (Å²) in [4.78, 5) is 11.3. The van der Waals surface area contributed by atoms with Crippen molar-refractivity contribution in [1.29, 1.82) is 0 Å². The molecule has 0 aromatic heterocycles. The Bertz CT molecular complexity index is 490. The summed E-state index contributed by atoms with van der Waals surface area (Å²) in [5.41, 5.74) is 1.18. The van der Waals surface area contributed by atoms with Crippen molar-refractivity contribution in [2.24, 2.45) is 0 Å². The van der Waals surface area contributed by atoms with Gasteiger partial charge in [0, 0.05) is 5.56 Å². The summed E-state index contributed by atoms with van der Waals surface area (Å²) in [6.07, 6.45) is 0.775. The second-order valence-corrected chi connectivity index (χ2v) is 7.80. The molecule has 1 aromatic carbocycles. The number of aldehydes is 1. The molecule has 20 heavy (non-hydrogen) atoms. The van der Waals surface area contributed by atoms with Crippen LogP contribution in [0.4, 0.5) is 0 Å². The van der Waals surface area contributed by atoms with Crippen molar-refractivity contribution in [3.8, 4) is 17.2 Å². The molecule has 0 fully saturated rings. The molecular formula is C15H23O4Si. The monoisotopic (exact) mass is 295 g/mol. The first-order valence-electron chi connectivity index (χ1n) is 6.48. The third kappa shape index (κ3) is 3.33. The molecule has 111 valence electrons. The Hall–Kier alpha value is -1.49. The Morgan fingerprint density at radius 2 is 1.70 bits per heavy atom. The van der Waals surface area contributed by atoms with Crippen LogP contribution in [0.5, 0.6) is 17.2 Å². The number of hydrogen-bond acceptors (Lipinski definition) is 4. The second-order valence-electron chi connectivity index (χ2n) is 5.78. The zero-order valence-electron chi connectivity index (χ0n) is 13.3. The highest BCUT2D eigenvalue weighted by Crippen LogP contribution is 2.46. The summed E-state index contributed by atoms with van der Waals surface area (Å²) in [6.45, 7) is 10.2. The van der Waals surface area contributed by atoms with Gasteiger partial charge in [0.2, 0.25) is 0 Å². The van der Waals surface area contributed by atoms with E-state index in [4.69, 9.17) is 13.9 Å². The van der Waals surface area contributed by atoms with Gasteiger partial charge < -0.3 is 13.9 Å². The van der Waals surface area contributed by atoms with Crippen LogP contribution < -0.4 is 13.9 Å². The van der Waals surface area contributed by atoms with E-state index in [2.05, 4.69) is 20.8 Å². The van der Waals surface area contributed by atoms with Crippen LogP contribution in [-0.4, -0.2) is 29.5 Å². The van der Waals surface area contributed by atoms with Crippen LogP contribution in [0.2, 0.25) is 13.1 Å². The van der Waals surface area contributed by atoms with Crippen molar-refractivity contribution in [3.05, 3.63) is 17.2 Å². The molecule has 4 nitrogen and oxygen atoms in total. The van der Waals surface area contributed by atoms with Gasteiger partial charge >= 0.3 is 0 Å². The molecule has 0 unspecified atom stereocenters. The fraction of sp³-hybridized carbons (Fsp3) is 0.533. The molecule has 1 radical (unpaired) electrons. The van der Waals surface area contributed by atoms with Crippen LogP contribution in [-0.2, 0) is 5.41 Å². The summed E-state index contributed by atoms with van der Waals surface area (Å²) in [5, 5.41) is 0. The third-order valence-corrected chi connectivity index (χ3v) is 3.45. The highest BCUT2D eigenvalue weighted by atomic mass is 28.3. The van der Waals surface area contributed by atoms with Gasteiger partial charge in [-0.2, -0.15) is 0 Å². The molecule has 0 heterocycles. The molecule has 0 saturated carbocycles. The van der Waals surface area contributed by atoms with Crippen LogP contribution in [0.3, 0.4) is 0 Å². The first-order valence-corrected chi connectivity index (χ1v) is 8.89. The lowest BCUT2D eigenvalue weighted by Crippen LogP contribution is -2.19. The first kappa shape index (κ1) is 16.6. The molecule has 5 heteroatoms. The molecule has 0 atom stereocenters. The van der Waals surface area contributed by atoms with E-state index < -0.39 is 9.04 Å². The van der Waals surface area contributed by atoms with Gasteiger partial charge in [0.1, 0.15) is 5.75 Å². The second kappa shape index (κ2) is 6.30. The van der Waals surface area contributed by atoms with Crippen LogP contribution in [0.1, 0.15) is 36.7 Å². The van der Waals surface area contributed by atoms with E-state index in [-0.39, 0.29) is 5.41 Å². The Kier molecular flexibility index (Phi) is 5.22. The van der Waals surface area contributed by atoms with Crippen molar-refractivity contribution < 1.29 is 18.7 Å². The fourth-order valence-electron chi connectivity index (χ4n) is 2.10. The van der Waals surface area contributed by atoms with Crippen molar-refractivity contribution in [3.63, 3.8) is 0 Å². The molecule has 1 rings (SSSR count). The largest absolute Gasteiger partial charge is 0.540 e. The SMILES string of the molecule is COc1cc(C=O)c(O[Si](C)C)c(OC)c1C(C)(C)C. The van der Waals surface area contributed by atoms with Crippen molar-refractivity contribution in [2.75, 3.05) is 14.2 Å². The average Bonchev–Trinajstić information content (AvgIpc) is 2.35. The quantitative estimate of drug-likeness (QED) is 0.616. The van der Waals surface area contributed by atoms with Gasteiger partial charge in [0.05, 0.1) is 19.8 Å². The number of hydrogen-bond donors (Lipinski definition) is 0. The molecule has 0 spiro atoms. The van der Waals surface area contributed by atoms with Crippen LogP contribution in [0.25, 0.3) is 0 Å². The number of rotatable bonds is 5. The van der Waals surface area contributed by atoms with E-state index in [1.54, 1.807) is 20.3 Å². The Labute approximate surface area is 122 Å². The molecular weight excluding hydrogens is 272 g/mol. The number of ether oxygens (including phenoxy) is 2. The zero-order chi connectivity index (χ0) is 15.5. The van der Waals surface area contributed by atoms with Crippen molar-refractivity contribution in [2.45, 2.75) is 39.3 Å². The van der Waals surface area contributed by atoms with E-state index in [0.717, 1.165) is 11.8 Å². The van der Waals surface area contributed by atoms with E-state index in [1.807, 2.05) is 13.1 Å². The van der Waals surface area contributed by atoms with E-state index in [9.17, 15) is 4.79 Å². The maximum atomic E-state index is 11.3. The summed E-state index contributed by atoms with van der Waals surface area (Å²) in [6, 6.07) is 1.72. The molecule has 0 aliphatic carbocycles. The minimum absolute atomic E-state index is 0.190. The lowest BCUT2D eigenvalue weighted by Gasteiger charge is -2.27. The summed E-state index contributed by atoms with van der Waals surface area (Å²) < 4.78 is 16.9. The molecule has 0 N–H and O–H groups in total. The Morgan fingerprint density at radius 3 is 2.05 bits per heavy atom. The molecule has 1 aromatic rings. The molecule has 0 aliphatic heterocycles. The highest BCUT2D eigenvalue weighted by molar-refractivity contribution is 6.49. The maximum absolute atomic E-state index is 11.3. The van der Waals surface area contributed by atoms with Gasteiger partial charge in [-0.25, -0.2) is 0 Å². The van der Waals surface area contributed by atoms with Crippen LogP contribution >= 0.6 is 0 Å². The topological polar surface area (TPSA) is 44.8 Å². The fourth-order valence-corrected chi connectivity index (χ4v) is 2.72. The van der Waals surface area contributed by atoms with Crippen LogP contribution in [0.15, 0.2) is 6.07 Å².